The van der Waals surface area contributed by atoms with E-state index in [2.05, 4.69) is 24.2 Å². The van der Waals surface area contributed by atoms with Crippen LogP contribution in [0.25, 0.3) is 0 Å². The number of likely N-dealkylation sites (N-methyl/N-ethyl adjacent to an activating group) is 1. The maximum atomic E-state index is 11.9. The number of β-amino-alcohol motifs (C(OH)–C–C–N with tert-alkyl or cyclic N) is 1. The molecule has 5 nitrogen and oxygen atoms in total. The zero-order valence-corrected chi connectivity index (χ0v) is 11.4. The smallest absolute Gasteiger partial charge is 0.317 e. The van der Waals surface area contributed by atoms with Crippen molar-refractivity contribution in [2.24, 2.45) is 0 Å². The standard InChI is InChI=1S/C13H25N3O2/c1-10(15(2)11-5-6-11)8-14-13(18)16-7-3-4-12(17)9-16/h10-12,17H,3-9H2,1-2H3,(H,14,18). The van der Waals surface area contributed by atoms with Crippen LogP contribution in [0, 0.1) is 0 Å². The molecule has 2 fully saturated rings. The summed E-state index contributed by atoms with van der Waals surface area (Å²) in [4.78, 5) is 16.0. The Hall–Kier alpha value is -0.810. The van der Waals surface area contributed by atoms with Gasteiger partial charge in [-0.05, 0) is 39.7 Å². The molecule has 2 amide bonds. The van der Waals surface area contributed by atoms with E-state index in [0.717, 1.165) is 19.4 Å². The van der Waals surface area contributed by atoms with Gasteiger partial charge in [0.15, 0.2) is 0 Å². The van der Waals surface area contributed by atoms with Gasteiger partial charge in [-0.1, -0.05) is 0 Å². The quantitative estimate of drug-likeness (QED) is 0.775. The molecule has 18 heavy (non-hydrogen) atoms. The van der Waals surface area contributed by atoms with Crippen LogP contribution in [0.1, 0.15) is 32.6 Å². The maximum absolute atomic E-state index is 11.9. The van der Waals surface area contributed by atoms with Crippen LogP contribution in [0.4, 0.5) is 4.79 Å². The van der Waals surface area contributed by atoms with Crippen LogP contribution in [0.5, 0.6) is 0 Å². The van der Waals surface area contributed by atoms with Gasteiger partial charge in [0, 0.05) is 31.7 Å². The van der Waals surface area contributed by atoms with Gasteiger partial charge in [0.2, 0.25) is 0 Å². The molecule has 1 heterocycles. The van der Waals surface area contributed by atoms with Gasteiger partial charge in [0.05, 0.1) is 6.10 Å². The Labute approximate surface area is 109 Å². The molecule has 2 rings (SSSR count). The highest BCUT2D eigenvalue weighted by Gasteiger charge is 2.29. The lowest BCUT2D eigenvalue weighted by atomic mass is 10.1. The molecular formula is C13H25N3O2. The minimum absolute atomic E-state index is 0.0372. The second kappa shape index (κ2) is 5.89. The minimum Gasteiger partial charge on any atom is -0.391 e. The van der Waals surface area contributed by atoms with E-state index in [0.29, 0.717) is 25.2 Å². The molecule has 1 saturated heterocycles. The van der Waals surface area contributed by atoms with Crippen molar-refractivity contribution in [2.45, 2.75) is 50.8 Å². The number of urea groups is 1. The van der Waals surface area contributed by atoms with Gasteiger partial charge >= 0.3 is 6.03 Å². The molecule has 0 radical (unpaired) electrons. The molecular weight excluding hydrogens is 230 g/mol. The van der Waals surface area contributed by atoms with Gasteiger partial charge < -0.3 is 15.3 Å². The Balaban J connectivity index is 1.70. The third kappa shape index (κ3) is 3.59. The van der Waals surface area contributed by atoms with Gasteiger partial charge in [-0.2, -0.15) is 0 Å². The van der Waals surface area contributed by atoms with Crippen LogP contribution >= 0.6 is 0 Å². The first-order valence-electron chi connectivity index (χ1n) is 7.00. The molecule has 0 aromatic carbocycles. The second-order valence-electron chi connectivity index (χ2n) is 5.67. The fraction of sp³-hybridized carbons (Fsp3) is 0.923. The molecule has 2 atom stereocenters. The topological polar surface area (TPSA) is 55.8 Å². The molecule has 1 saturated carbocycles. The lowest BCUT2D eigenvalue weighted by Gasteiger charge is -2.31. The van der Waals surface area contributed by atoms with E-state index >= 15 is 0 Å². The van der Waals surface area contributed by atoms with Gasteiger partial charge in [0.25, 0.3) is 0 Å². The van der Waals surface area contributed by atoms with Crippen molar-refractivity contribution in [1.29, 1.82) is 0 Å². The first kappa shape index (κ1) is 13.6. The zero-order chi connectivity index (χ0) is 13.1. The van der Waals surface area contributed by atoms with Gasteiger partial charge in [-0.25, -0.2) is 4.79 Å². The Morgan fingerprint density at radius 2 is 2.22 bits per heavy atom. The third-order valence-corrected chi connectivity index (χ3v) is 4.05. The van der Waals surface area contributed by atoms with E-state index < -0.39 is 0 Å². The van der Waals surface area contributed by atoms with Crippen molar-refractivity contribution in [2.75, 3.05) is 26.7 Å². The van der Waals surface area contributed by atoms with E-state index in [-0.39, 0.29) is 12.1 Å². The van der Waals surface area contributed by atoms with Crippen LogP contribution in [-0.4, -0.2) is 65.8 Å². The molecule has 2 unspecified atom stereocenters. The summed E-state index contributed by atoms with van der Waals surface area (Å²) in [6.07, 6.45) is 3.92. The SMILES string of the molecule is CC(CNC(=O)N1CCCC(O)C1)N(C)C1CC1. The van der Waals surface area contributed by atoms with Crippen LogP contribution < -0.4 is 5.32 Å². The largest absolute Gasteiger partial charge is 0.391 e. The number of hydrogen-bond donors (Lipinski definition) is 2. The van der Waals surface area contributed by atoms with Gasteiger partial charge in [0.1, 0.15) is 0 Å². The molecule has 1 aliphatic heterocycles. The van der Waals surface area contributed by atoms with Crippen molar-refractivity contribution in [3.63, 3.8) is 0 Å². The normalized spacial score (nSPS) is 26.2. The van der Waals surface area contributed by atoms with Crippen LogP contribution in [0.2, 0.25) is 0 Å². The average Bonchev–Trinajstić information content (AvgIpc) is 3.18. The molecule has 5 heteroatoms. The molecule has 1 aliphatic carbocycles. The zero-order valence-electron chi connectivity index (χ0n) is 11.4. The molecule has 2 N–H and O–H groups in total. The van der Waals surface area contributed by atoms with E-state index in [1.165, 1.54) is 12.8 Å². The Bertz CT molecular complexity index is 294. The minimum atomic E-state index is -0.351. The van der Waals surface area contributed by atoms with E-state index in [1.807, 2.05) is 0 Å². The number of aliphatic hydroxyl groups excluding tert-OH is 1. The molecule has 104 valence electrons. The van der Waals surface area contributed by atoms with Crippen LogP contribution in [-0.2, 0) is 0 Å². The summed E-state index contributed by atoms with van der Waals surface area (Å²) in [6.45, 7) is 4.05. The molecule has 2 aliphatic rings. The molecule has 0 aromatic heterocycles. The summed E-state index contributed by atoms with van der Waals surface area (Å²) in [5.74, 6) is 0. The predicted molar refractivity (Wildman–Crippen MR) is 70.5 cm³/mol. The van der Waals surface area contributed by atoms with Crippen LogP contribution in [0.15, 0.2) is 0 Å². The number of nitrogens with zero attached hydrogens (tertiary/aromatic N) is 2. The van der Waals surface area contributed by atoms with E-state index in [9.17, 15) is 9.90 Å². The highest BCUT2D eigenvalue weighted by Crippen LogP contribution is 2.26. The number of piperidine rings is 1. The Morgan fingerprint density at radius 3 is 2.83 bits per heavy atom. The van der Waals surface area contributed by atoms with Crippen molar-refractivity contribution in [3.8, 4) is 0 Å². The number of nitrogens with one attached hydrogen (secondary N) is 1. The number of hydrogen-bond acceptors (Lipinski definition) is 3. The number of rotatable bonds is 4. The van der Waals surface area contributed by atoms with Crippen molar-refractivity contribution >= 4 is 6.03 Å². The fourth-order valence-corrected chi connectivity index (χ4v) is 2.47. The number of likely N-dealkylation sites (tertiary alicyclic amines) is 1. The van der Waals surface area contributed by atoms with Gasteiger partial charge in [-0.3, -0.25) is 4.90 Å². The summed E-state index contributed by atoms with van der Waals surface area (Å²) in [5.41, 5.74) is 0. The van der Waals surface area contributed by atoms with Gasteiger partial charge in [-0.15, -0.1) is 0 Å². The molecule has 0 spiro atoms. The number of carbonyl (C=O) groups excluding carboxylic acids is 1. The lowest BCUT2D eigenvalue weighted by Crippen LogP contribution is -2.50. The number of aliphatic hydroxyl groups is 1. The van der Waals surface area contributed by atoms with Crippen molar-refractivity contribution in [1.82, 2.24) is 15.1 Å². The number of amides is 2. The molecule has 0 aromatic rings. The summed E-state index contributed by atoms with van der Waals surface area (Å²) >= 11 is 0. The van der Waals surface area contributed by atoms with Crippen molar-refractivity contribution in [3.05, 3.63) is 0 Å². The summed E-state index contributed by atoms with van der Waals surface area (Å²) < 4.78 is 0. The summed E-state index contributed by atoms with van der Waals surface area (Å²) in [7, 11) is 2.12. The second-order valence-corrected chi connectivity index (χ2v) is 5.67. The fourth-order valence-electron chi connectivity index (χ4n) is 2.47. The third-order valence-electron chi connectivity index (χ3n) is 4.05. The predicted octanol–water partition coefficient (Wildman–Crippen LogP) is 0.635. The Morgan fingerprint density at radius 1 is 1.50 bits per heavy atom. The van der Waals surface area contributed by atoms with Crippen molar-refractivity contribution < 1.29 is 9.90 Å². The average molecular weight is 255 g/mol. The van der Waals surface area contributed by atoms with Crippen LogP contribution in [0.3, 0.4) is 0 Å². The summed E-state index contributed by atoms with van der Waals surface area (Å²) in [5, 5.41) is 12.5. The maximum Gasteiger partial charge on any atom is 0.317 e. The summed E-state index contributed by atoms with van der Waals surface area (Å²) in [6, 6.07) is 1.05. The first-order valence-corrected chi connectivity index (χ1v) is 7.00. The lowest BCUT2D eigenvalue weighted by molar-refractivity contribution is 0.0835. The highest BCUT2D eigenvalue weighted by molar-refractivity contribution is 5.74. The monoisotopic (exact) mass is 255 g/mol. The number of carbonyl (C=O) groups is 1. The van der Waals surface area contributed by atoms with E-state index in [1.54, 1.807) is 4.90 Å². The van der Waals surface area contributed by atoms with E-state index in [4.69, 9.17) is 0 Å². The Kier molecular flexibility index (Phi) is 4.45. The molecule has 0 bridgehead atoms. The first-order chi connectivity index (χ1) is 8.58. The highest BCUT2D eigenvalue weighted by atomic mass is 16.3.